The normalized spacial score (nSPS) is 11.8. The van der Waals surface area contributed by atoms with E-state index < -0.39 is 11.9 Å². The highest BCUT2D eigenvalue weighted by molar-refractivity contribution is 5.91. The zero-order valence-electron chi connectivity index (χ0n) is 14.5. The molecule has 0 spiro atoms. The molecule has 2 aromatic carbocycles. The summed E-state index contributed by atoms with van der Waals surface area (Å²) in [5, 5.41) is 3.72. The summed E-state index contributed by atoms with van der Waals surface area (Å²) in [4.78, 5) is 24.0. The van der Waals surface area contributed by atoms with Crippen LogP contribution < -0.4 is 10.1 Å². The minimum absolute atomic E-state index is 0.338. The summed E-state index contributed by atoms with van der Waals surface area (Å²) in [6.45, 7) is 1.44. The summed E-state index contributed by atoms with van der Waals surface area (Å²) in [6, 6.07) is 15.6. The van der Waals surface area contributed by atoms with Gasteiger partial charge in [-0.1, -0.05) is 18.2 Å². The van der Waals surface area contributed by atoms with Gasteiger partial charge in [0, 0.05) is 5.39 Å². The van der Waals surface area contributed by atoms with Crippen molar-refractivity contribution < 1.29 is 23.5 Å². The van der Waals surface area contributed by atoms with Gasteiger partial charge in [-0.15, -0.1) is 0 Å². The maximum absolute atomic E-state index is 12.0. The number of ether oxygens (including phenoxy) is 2. The van der Waals surface area contributed by atoms with Crippen LogP contribution in [0, 0.1) is 0 Å². The van der Waals surface area contributed by atoms with E-state index >= 15 is 0 Å². The van der Waals surface area contributed by atoms with E-state index in [1.54, 1.807) is 38.3 Å². The van der Waals surface area contributed by atoms with Gasteiger partial charge in [-0.05, 0) is 43.3 Å². The van der Waals surface area contributed by atoms with E-state index in [2.05, 4.69) is 5.32 Å². The Bertz CT molecular complexity index is 880. The van der Waals surface area contributed by atoms with Gasteiger partial charge in [-0.3, -0.25) is 4.79 Å². The lowest BCUT2D eigenvalue weighted by molar-refractivity contribution is -0.125. The van der Waals surface area contributed by atoms with Gasteiger partial charge in [0.2, 0.25) is 0 Å². The molecule has 0 aliphatic heterocycles. The first-order chi connectivity index (χ1) is 12.6. The molecule has 1 N–H and O–H groups in total. The molecule has 0 aliphatic carbocycles. The second kappa shape index (κ2) is 7.74. The lowest BCUT2D eigenvalue weighted by Gasteiger charge is -2.11. The van der Waals surface area contributed by atoms with Gasteiger partial charge >= 0.3 is 5.97 Å². The highest BCUT2D eigenvalue weighted by Crippen LogP contribution is 2.23. The maximum atomic E-state index is 12.0. The summed E-state index contributed by atoms with van der Waals surface area (Å²) >= 11 is 0. The smallest absolute Gasteiger partial charge is 0.338 e. The molecule has 3 rings (SSSR count). The number of benzene rings is 2. The van der Waals surface area contributed by atoms with Crippen LogP contribution in [-0.2, 0) is 9.53 Å². The first-order valence-corrected chi connectivity index (χ1v) is 8.16. The van der Waals surface area contributed by atoms with Crippen molar-refractivity contribution in [3.63, 3.8) is 0 Å². The maximum Gasteiger partial charge on any atom is 0.338 e. The predicted molar refractivity (Wildman–Crippen MR) is 96.0 cm³/mol. The highest BCUT2D eigenvalue weighted by atomic mass is 16.5. The molecule has 26 heavy (non-hydrogen) atoms. The van der Waals surface area contributed by atoms with Crippen molar-refractivity contribution in [3.8, 4) is 5.75 Å². The van der Waals surface area contributed by atoms with Gasteiger partial charge in [-0.25, -0.2) is 4.79 Å². The van der Waals surface area contributed by atoms with Crippen LogP contribution in [0.15, 0.2) is 59.0 Å². The second-order valence-corrected chi connectivity index (χ2v) is 5.78. The standard InChI is InChI=1S/C20H19NO5/c1-13(18-11-15-5-3-4-6-17(15)26-18)21-19(22)12-25-20(23)14-7-9-16(24-2)10-8-14/h3-11,13H,12H2,1-2H3,(H,21,22)/t13-/m1/s1. The number of rotatable bonds is 6. The fourth-order valence-electron chi connectivity index (χ4n) is 2.51. The van der Waals surface area contributed by atoms with Crippen molar-refractivity contribution in [2.75, 3.05) is 13.7 Å². The molecule has 0 bridgehead atoms. The van der Waals surface area contributed by atoms with Crippen molar-refractivity contribution >= 4 is 22.8 Å². The first-order valence-electron chi connectivity index (χ1n) is 8.16. The Balaban J connectivity index is 1.53. The zero-order chi connectivity index (χ0) is 18.5. The predicted octanol–water partition coefficient (Wildman–Crippen LogP) is 3.48. The van der Waals surface area contributed by atoms with Crippen LogP contribution in [0.4, 0.5) is 0 Å². The van der Waals surface area contributed by atoms with E-state index in [9.17, 15) is 9.59 Å². The van der Waals surface area contributed by atoms with Gasteiger partial charge in [0.05, 0.1) is 18.7 Å². The van der Waals surface area contributed by atoms with E-state index in [0.717, 1.165) is 11.0 Å². The molecule has 6 heteroatoms. The molecule has 0 saturated carbocycles. The molecule has 134 valence electrons. The van der Waals surface area contributed by atoms with E-state index in [1.165, 1.54) is 0 Å². The number of para-hydroxylation sites is 1. The Hall–Kier alpha value is -3.28. The van der Waals surface area contributed by atoms with Crippen molar-refractivity contribution in [2.24, 2.45) is 0 Å². The molecule has 0 fully saturated rings. The average Bonchev–Trinajstić information content (AvgIpc) is 3.10. The van der Waals surface area contributed by atoms with Gasteiger partial charge in [0.1, 0.15) is 17.1 Å². The van der Waals surface area contributed by atoms with Crippen LogP contribution in [0.3, 0.4) is 0 Å². The van der Waals surface area contributed by atoms with E-state index in [1.807, 2.05) is 30.3 Å². The Labute approximate surface area is 150 Å². The summed E-state index contributed by atoms with van der Waals surface area (Å²) in [5.41, 5.74) is 1.11. The third-order valence-electron chi connectivity index (χ3n) is 3.91. The molecular formula is C20H19NO5. The van der Waals surface area contributed by atoms with Crippen LogP contribution in [0.2, 0.25) is 0 Å². The summed E-state index contributed by atoms with van der Waals surface area (Å²) in [5.74, 6) is 0.305. The van der Waals surface area contributed by atoms with E-state index in [4.69, 9.17) is 13.9 Å². The van der Waals surface area contributed by atoms with E-state index in [0.29, 0.717) is 17.1 Å². The highest BCUT2D eigenvalue weighted by Gasteiger charge is 2.16. The minimum atomic E-state index is -0.570. The number of amides is 1. The number of hydrogen-bond donors (Lipinski definition) is 1. The van der Waals surface area contributed by atoms with Crippen LogP contribution >= 0.6 is 0 Å². The fraction of sp³-hybridized carbons (Fsp3) is 0.200. The number of carbonyl (C=O) groups is 2. The number of fused-ring (bicyclic) bond motifs is 1. The van der Waals surface area contributed by atoms with Crippen molar-refractivity contribution in [1.82, 2.24) is 5.32 Å². The van der Waals surface area contributed by atoms with Crippen LogP contribution in [-0.4, -0.2) is 25.6 Å². The lowest BCUT2D eigenvalue weighted by atomic mass is 10.2. The minimum Gasteiger partial charge on any atom is -0.497 e. The Morgan fingerprint density at radius 2 is 1.85 bits per heavy atom. The Morgan fingerprint density at radius 1 is 1.12 bits per heavy atom. The second-order valence-electron chi connectivity index (χ2n) is 5.78. The van der Waals surface area contributed by atoms with Crippen molar-refractivity contribution in [3.05, 3.63) is 65.9 Å². The average molecular weight is 353 g/mol. The third kappa shape index (κ3) is 4.03. The molecule has 0 saturated heterocycles. The molecule has 3 aromatic rings. The quantitative estimate of drug-likeness (QED) is 0.687. The molecular weight excluding hydrogens is 334 g/mol. The monoisotopic (exact) mass is 353 g/mol. The van der Waals surface area contributed by atoms with Gasteiger partial charge in [-0.2, -0.15) is 0 Å². The number of hydrogen-bond acceptors (Lipinski definition) is 5. The molecule has 1 amide bonds. The summed E-state index contributed by atoms with van der Waals surface area (Å²) in [6.07, 6.45) is 0. The number of methoxy groups -OCH3 is 1. The molecule has 1 atom stereocenters. The van der Waals surface area contributed by atoms with E-state index in [-0.39, 0.29) is 12.6 Å². The fourth-order valence-corrected chi connectivity index (χ4v) is 2.51. The van der Waals surface area contributed by atoms with Gasteiger partial charge in [0.25, 0.3) is 5.91 Å². The number of nitrogens with one attached hydrogen (secondary N) is 1. The largest absolute Gasteiger partial charge is 0.497 e. The molecule has 0 radical (unpaired) electrons. The van der Waals surface area contributed by atoms with Crippen molar-refractivity contribution in [1.29, 1.82) is 0 Å². The van der Waals surface area contributed by atoms with Gasteiger partial charge < -0.3 is 19.2 Å². The first kappa shape index (κ1) is 17.5. The van der Waals surface area contributed by atoms with Gasteiger partial charge in [0.15, 0.2) is 6.61 Å². The summed E-state index contributed by atoms with van der Waals surface area (Å²) < 4.78 is 15.8. The molecule has 1 heterocycles. The molecule has 1 aromatic heterocycles. The number of furan rings is 1. The van der Waals surface area contributed by atoms with Crippen molar-refractivity contribution in [2.45, 2.75) is 13.0 Å². The zero-order valence-corrected chi connectivity index (χ0v) is 14.5. The SMILES string of the molecule is COc1ccc(C(=O)OCC(=O)N[C@H](C)c2cc3ccccc3o2)cc1. The third-order valence-corrected chi connectivity index (χ3v) is 3.91. The lowest BCUT2D eigenvalue weighted by Crippen LogP contribution is -2.30. The summed E-state index contributed by atoms with van der Waals surface area (Å²) in [7, 11) is 1.54. The topological polar surface area (TPSA) is 77.8 Å². The molecule has 6 nitrogen and oxygen atoms in total. The van der Waals surface area contributed by atoms with Crippen LogP contribution in [0.5, 0.6) is 5.75 Å². The Morgan fingerprint density at radius 3 is 2.54 bits per heavy atom. The van der Waals surface area contributed by atoms with Crippen LogP contribution in [0.25, 0.3) is 11.0 Å². The number of esters is 1. The molecule has 0 unspecified atom stereocenters. The van der Waals surface area contributed by atoms with Crippen LogP contribution in [0.1, 0.15) is 29.1 Å². The number of carbonyl (C=O) groups excluding carboxylic acids is 2. The Kier molecular flexibility index (Phi) is 5.22. The molecule has 0 aliphatic rings.